The number of hydrogen-bond acceptors (Lipinski definition) is 4. The molecule has 0 fully saturated rings. The summed E-state index contributed by atoms with van der Waals surface area (Å²) in [5.41, 5.74) is 3.46. The summed E-state index contributed by atoms with van der Waals surface area (Å²) in [7, 11) is 0. The van der Waals surface area contributed by atoms with Crippen molar-refractivity contribution in [3.8, 4) is 0 Å². The molecule has 92 valence electrons. The number of aryl methyl sites for hydroxylation is 2. The van der Waals surface area contributed by atoms with Crippen LogP contribution in [0.3, 0.4) is 0 Å². The van der Waals surface area contributed by atoms with Crippen LogP contribution < -0.4 is 10.6 Å². The van der Waals surface area contributed by atoms with Gasteiger partial charge in [-0.2, -0.15) is 0 Å². The Balaban J connectivity index is 2.15. The average Bonchev–Trinajstić information content (AvgIpc) is 2.31. The van der Waals surface area contributed by atoms with Crippen molar-refractivity contribution in [1.29, 1.82) is 0 Å². The van der Waals surface area contributed by atoms with Crippen LogP contribution in [-0.2, 0) is 4.79 Å². The van der Waals surface area contributed by atoms with E-state index in [9.17, 15) is 4.79 Å². The van der Waals surface area contributed by atoms with Gasteiger partial charge in [-0.15, -0.1) is 0 Å². The van der Waals surface area contributed by atoms with Gasteiger partial charge in [0.05, 0.1) is 0 Å². The van der Waals surface area contributed by atoms with Gasteiger partial charge in [0, 0.05) is 22.8 Å². The molecule has 0 spiro atoms. The second kappa shape index (κ2) is 5.27. The van der Waals surface area contributed by atoms with Crippen molar-refractivity contribution < 1.29 is 4.79 Å². The van der Waals surface area contributed by atoms with Crippen LogP contribution in [-0.4, -0.2) is 16.4 Å². The van der Waals surface area contributed by atoms with Gasteiger partial charge in [0.2, 0.25) is 12.4 Å². The standard InChI is InChI=1S/C13H14N4O/c1-9-7-10(2)16-13(15-9)17-12-5-3-11(4-6-12)14-8-18/h3-8H,1-2H3,(H,14,18)(H,15,16,17). The maximum absolute atomic E-state index is 10.3. The number of hydrogen-bond donors (Lipinski definition) is 2. The zero-order valence-electron chi connectivity index (χ0n) is 10.3. The van der Waals surface area contributed by atoms with Gasteiger partial charge in [-0.3, -0.25) is 4.79 Å². The van der Waals surface area contributed by atoms with Gasteiger partial charge in [-0.1, -0.05) is 0 Å². The predicted molar refractivity (Wildman–Crippen MR) is 70.9 cm³/mol. The van der Waals surface area contributed by atoms with Crippen molar-refractivity contribution in [2.75, 3.05) is 10.6 Å². The van der Waals surface area contributed by atoms with E-state index in [1.165, 1.54) is 0 Å². The second-order valence-electron chi connectivity index (χ2n) is 3.94. The lowest BCUT2D eigenvalue weighted by atomic mass is 10.3. The highest BCUT2D eigenvalue weighted by atomic mass is 16.1. The minimum atomic E-state index is 0.573. The number of aromatic nitrogens is 2. The van der Waals surface area contributed by atoms with Crippen molar-refractivity contribution in [3.63, 3.8) is 0 Å². The summed E-state index contributed by atoms with van der Waals surface area (Å²) in [4.78, 5) is 18.9. The smallest absolute Gasteiger partial charge is 0.227 e. The van der Waals surface area contributed by atoms with E-state index in [-0.39, 0.29) is 0 Å². The number of anilines is 3. The van der Waals surface area contributed by atoms with Gasteiger partial charge >= 0.3 is 0 Å². The minimum Gasteiger partial charge on any atom is -0.329 e. The van der Waals surface area contributed by atoms with Crippen LogP contribution in [0.4, 0.5) is 17.3 Å². The first kappa shape index (κ1) is 12.0. The molecule has 0 aliphatic heterocycles. The largest absolute Gasteiger partial charge is 0.329 e. The number of carbonyl (C=O) groups is 1. The summed E-state index contributed by atoms with van der Waals surface area (Å²) in [5.74, 6) is 0.573. The Labute approximate surface area is 105 Å². The Kier molecular flexibility index (Phi) is 3.52. The van der Waals surface area contributed by atoms with E-state index < -0.39 is 0 Å². The van der Waals surface area contributed by atoms with Crippen LogP contribution >= 0.6 is 0 Å². The highest BCUT2D eigenvalue weighted by Crippen LogP contribution is 2.16. The van der Waals surface area contributed by atoms with Gasteiger partial charge in [-0.05, 0) is 44.2 Å². The molecule has 5 nitrogen and oxygen atoms in total. The Morgan fingerprint density at radius 3 is 2.11 bits per heavy atom. The van der Waals surface area contributed by atoms with Crippen molar-refractivity contribution in [2.45, 2.75) is 13.8 Å². The zero-order valence-corrected chi connectivity index (χ0v) is 10.3. The molecule has 0 saturated carbocycles. The normalized spacial score (nSPS) is 9.89. The molecule has 0 atom stereocenters. The van der Waals surface area contributed by atoms with E-state index in [0.717, 1.165) is 22.8 Å². The van der Waals surface area contributed by atoms with E-state index in [1.54, 1.807) is 12.1 Å². The summed E-state index contributed by atoms with van der Waals surface area (Å²) in [6.45, 7) is 3.86. The minimum absolute atomic E-state index is 0.573. The molecule has 1 heterocycles. The summed E-state index contributed by atoms with van der Waals surface area (Å²) in [6, 6.07) is 9.24. The molecule has 18 heavy (non-hydrogen) atoms. The maximum atomic E-state index is 10.3. The zero-order chi connectivity index (χ0) is 13.0. The number of nitrogens with one attached hydrogen (secondary N) is 2. The van der Waals surface area contributed by atoms with E-state index in [4.69, 9.17) is 0 Å². The van der Waals surface area contributed by atoms with Gasteiger partial charge in [0.1, 0.15) is 0 Å². The second-order valence-corrected chi connectivity index (χ2v) is 3.94. The van der Waals surface area contributed by atoms with Gasteiger partial charge in [0.15, 0.2) is 0 Å². The Bertz CT molecular complexity index is 531. The number of amides is 1. The third-order valence-corrected chi connectivity index (χ3v) is 2.35. The van der Waals surface area contributed by atoms with Gasteiger partial charge in [-0.25, -0.2) is 9.97 Å². The summed E-state index contributed by atoms with van der Waals surface area (Å²) >= 11 is 0. The molecule has 1 aromatic heterocycles. The number of nitrogens with zero attached hydrogens (tertiary/aromatic N) is 2. The van der Waals surface area contributed by atoms with Crippen LogP contribution in [0.1, 0.15) is 11.4 Å². The van der Waals surface area contributed by atoms with Crippen LogP contribution in [0.2, 0.25) is 0 Å². The first-order valence-corrected chi connectivity index (χ1v) is 5.57. The maximum Gasteiger partial charge on any atom is 0.227 e. The predicted octanol–water partition coefficient (Wildman–Crippen LogP) is 2.41. The van der Waals surface area contributed by atoms with Crippen molar-refractivity contribution in [3.05, 3.63) is 41.7 Å². The van der Waals surface area contributed by atoms with E-state index in [1.807, 2.05) is 32.0 Å². The first-order chi connectivity index (χ1) is 8.67. The summed E-state index contributed by atoms with van der Waals surface area (Å²) in [6.07, 6.45) is 0.648. The molecule has 0 radical (unpaired) electrons. The molecule has 1 amide bonds. The Morgan fingerprint density at radius 1 is 1.00 bits per heavy atom. The summed E-state index contributed by atoms with van der Waals surface area (Å²) < 4.78 is 0. The highest BCUT2D eigenvalue weighted by molar-refractivity contribution is 5.72. The van der Waals surface area contributed by atoms with Gasteiger partial charge in [0.25, 0.3) is 0 Å². The molecule has 5 heteroatoms. The molecule has 0 unspecified atom stereocenters. The molecule has 2 rings (SSSR count). The Morgan fingerprint density at radius 2 is 1.56 bits per heavy atom. The quantitative estimate of drug-likeness (QED) is 0.808. The Hall–Kier alpha value is -2.43. The molecular weight excluding hydrogens is 228 g/mol. The molecule has 2 N–H and O–H groups in total. The number of carbonyl (C=O) groups excluding carboxylic acids is 1. The number of rotatable bonds is 4. The van der Waals surface area contributed by atoms with Crippen molar-refractivity contribution in [1.82, 2.24) is 9.97 Å². The lowest BCUT2D eigenvalue weighted by molar-refractivity contribution is -0.105. The molecule has 0 aliphatic carbocycles. The topological polar surface area (TPSA) is 66.9 Å². The fourth-order valence-corrected chi connectivity index (χ4v) is 1.63. The molecular formula is C13H14N4O. The average molecular weight is 242 g/mol. The SMILES string of the molecule is Cc1cc(C)nc(Nc2ccc(NC=O)cc2)n1. The first-order valence-electron chi connectivity index (χ1n) is 5.57. The van der Waals surface area contributed by atoms with Crippen molar-refractivity contribution in [2.24, 2.45) is 0 Å². The van der Waals surface area contributed by atoms with E-state index in [0.29, 0.717) is 12.4 Å². The van der Waals surface area contributed by atoms with Crippen LogP contribution in [0, 0.1) is 13.8 Å². The lowest BCUT2D eigenvalue weighted by Gasteiger charge is -2.07. The van der Waals surface area contributed by atoms with E-state index >= 15 is 0 Å². The van der Waals surface area contributed by atoms with Crippen LogP contribution in [0.5, 0.6) is 0 Å². The molecule has 0 saturated heterocycles. The molecule has 2 aromatic rings. The third-order valence-electron chi connectivity index (χ3n) is 2.35. The lowest BCUT2D eigenvalue weighted by Crippen LogP contribution is -2.00. The van der Waals surface area contributed by atoms with Crippen molar-refractivity contribution >= 4 is 23.7 Å². The van der Waals surface area contributed by atoms with Crippen LogP contribution in [0.15, 0.2) is 30.3 Å². The monoisotopic (exact) mass is 242 g/mol. The molecule has 0 aliphatic rings. The fraction of sp³-hybridized carbons (Fsp3) is 0.154. The highest BCUT2D eigenvalue weighted by Gasteiger charge is 2.00. The van der Waals surface area contributed by atoms with E-state index in [2.05, 4.69) is 20.6 Å². The van der Waals surface area contributed by atoms with Gasteiger partial charge < -0.3 is 10.6 Å². The summed E-state index contributed by atoms with van der Waals surface area (Å²) in [5, 5.41) is 5.69. The third kappa shape index (κ3) is 3.04. The number of benzene rings is 1. The fourth-order valence-electron chi connectivity index (χ4n) is 1.63. The van der Waals surface area contributed by atoms with Crippen LogP contribution in [0.25, 0.3) is 0 Å². The molecule has 0 bridgehead atoms. The molecule has 1 aromatic carbocycles.